The molecule has 0 spiro atoms. The van der Waals surface area contributed by atoms with Crippen LogP contribution in [0.5, 0.6) is 0 Å². The van der Waals surface area contributed by atoms with Gasteiger partial charge in [-0.25, -0.2) is 8.42 Å². The first-order valence-electron chi connectivity index (χ1n) is 6.76. The second-order valence-electron chi connectivity index (χ2n) is 5.58. The van der Waals surface area contributed by atoms with Gasteiger partial charge >= 0.3 is 0 Å². The Morgan fingerprint density at radius 2 is 1.79 bits per heavy atom. The van der Waals surface area contributed by atoms with E-state index in [2.05, 4.69) is 9.80 Å². The van der Waals surface area contributed by atoms with Crippen molar-refractivity contribution in [2.75, 3.05) is 65.0 Å². The van der Waals surface area contributed by atoms with Crippen LogP contribution in [0.1, 0.15) is 6.92 Å². The molecule has 0 aliphatic carbocycles. The zero-order valence-corrected chi connectivity index (χ0v) is 13.8. The molecule has 1 fully saturated rings. The zero-order valence-electron chi connectivity index (χ0n) is 12.2. The van der Waals surface area contributed by atoms with Gasteiger partial charge in [-0.2, -0.15) is 4.31 Å². The van der Waals surface area contributed by atoms with Crippen LogP contribution in [0.4, 0.5) is 0 Å². The van der Waals surface area contributed by atoms with E-state index in [9.17, 15) is 8.42 Å². The fraction of sp³-hybridized carbons (Fsp3) is 1.00. The number of hydrogen-bond donors (Lipinski definition) is 0. The first kappa shape index (κ1) is 17.2. The van der Waals surface area contributed by atoms with Gasteiger partial charge in [0.1, 0.15) is 0 Å². The summed E-state index contributed by atoms with van der Waals surface area (Å²) >= 11 is 5.70. The maximum absolute atomic E-state index is 12.2. The SMILES string of the molecule is CC(CCl)CS(=O)(=O)N1CCN(CCN(C)C)CC1. The van der Waals surface area contributed by atoms with Crippen molar-refractivity contribution in [1.29, 1.82) is 0 Å². The van der Waals surface area contributed by atoms with E-state index in [1.165, 1.54) is 0 Å². The average Bonchev–Trinajstić information content (AvgIpc) is 2.36. The molecule has 1 rings (SSSR count). The average molecular weight is 312 g/mol. The molecule has 0 amide bonds. The molecule has 0 aromatic heterocycles. The van der Waals surface area contributed by atoms with Crippen molar-refractivity contribution in [2.24, 2.45) is 5.92 Å². The molecule has 1 saturated heterocycles. The molecule has 0 bridgehead atoms. The molecule has 1 atom stereocenters. The highest BCUT2D eigenvalue weighted by Gasteiger charge is 2.27. The lowest BCUT2D eigenvalue weighted by Gasteiger charge is -2.34. The Morgan fingerprint density at radius 1 is 1.21 bits per heavy atom. The Hall–Kier alpha value is 0.120. The van der Waals surface area contributed by atoms with Crippen molar-refractivity contribution in [2.45, 2.75) is 6.92 Å². The Balaban J connectivity index is 2.40. The van der Waals surface area contributed by atoms with Crippen molar-refractivity contribution in [3.63, 3.8) is 0 Å². The molecule has 1 aliphatic rings. The quantitative estimate of drug-likeness (QED) is 0.637. The molecule has 5 nitrogen and oxygen atoms in total. The molecule has 0 aromatic carbocycles. The summed E-state index contributed by atoms with van der Waals surface area (Å²) in [6, 6.07) is 0. The van der Waals surface area contributed by atoms with Gasteiger partial charge in [0.2, 0.25) is 10.0 Å². The highest BCUT2D eigenvalue weighted by molar-refractivity contribution is 7.89. The third-order valence-electron chi connectivity index (χ3n) is 3.35. The van der Waals surface area contributed by atoms with Gasteiger partial charge in [0.05, 0.1) is 5.75 Å². The molecule has 0 radical (unpaired) electrons. The van der Waals surface area contributed by atoms with E-state index >= 15 is 0 Å². The molecule has 0 aromatic rings. The minimum absolute atomic E-state index is 0.0124. The molecule has 1 aliphatic heterocycles. The highest BCUT2D eigenvalue weighted by Crippen LogP contribution is 2.12. The highest BCUT2D eigenvalue weighted by atomic mass is 35.5. The minimum atomic E-state index is -3.14. The summed E-state index contributed by atoms with van der Waals surface area (Å²) < 4.78 is 25.9. The second-order valence-corrected chi connectivity index (χ2v) is 7.90. The summed E-state index contributed by atoms with van der Waals surface area (Å²) in [6.07, 6.45) is 0. The van der Waals surface area contributed by atoms with Gasteiger partial charge < -0.3 is 4.90 Å². The van der Waals surface area contributed by atoms with Gasteiger partial charge in [-0.3, -0.25) is 4.90 Å². The van der Waals surface area contributed by atoms with Crippen molar-refractivity contribution >= 4 is 21.6 Å². The smallest absolute Gasteiger partial charge is 0.214 e. The van der Waals surface area contributed by atoms with Crippen LogP contribution in [0.2, 0.25) is 0 Å². The van der Waals surface area contributed by atoms with Crippen molar-refractivity contribution < 1.29 is 8.42 Å². The molecule has 1 unspecified atom stereocenters. The fourth-order valence-corrected chi connectivity index (χ4v) is 4.09. The summed E-state index contributed by atoms with van der Waals surface area (Å²) in [7, 11) is 0.962. The van der Waals surface area contributed by atoms with Crippen LogP contribution in [0.25, 0.3) is 0 Å². The van der Waals surface area contributed by atoms with Gasteiger partial charge in [0.25, 0.3) is 0 Å². The lowest BCUT2D eigenvalue weighted by atomic mass is 10.3. The lowest BCUT2D eigenvalue weighted by molar-refractivity contribution is 0.174. The number of likely N-dealkylation sites (N-methyl/N-ethyl adjacent to an activating group) is 1. The summed E-state index contributed by atoms with van der Waals surface area (Å²) in [4.78, 5) is 4.46. The zero-order chi connectivity index (χ0) is 14.5. The Bertz CT molecular complexity index is 354. The molecule has 7 heteroatoms. The van der Waals surface area contributed by atoms with E-state index in [4.69, 9.17) is 11.6 Å². The third kappa shape index (κ3) is 5.95. The number of sulfonamides is 1. The molecule has 0 saturated carbocycles. The summed E-state index contributed by atoms with van der Waals surface area (Å²) in [5.74, 6) is 0.564. The number of rotatable bonds is 7. The molecule has 1 heterocycles. The first-order chi connectivity index (χ1) is 8.85. The van der Waals surface area contributed by atoms with Crippen LogP contribution in [-0.2, 0) is 10.0 Å². The van der Waals surface area contributed by atoms with Crippen molar-refractivity contribution in [3.8, 4) is 0 Å². The Labute approximate surface area is 122 Å². The van der Waals surface area contributed by atoms with Crippen LogP contribution < -0.4 is 0 Å². The number of nitrogens with zero attached hydrogens (tertiary/aromatic N) is 3. The third-order valence-corrected chi connectivity index (χ3v) is 6.02. The summed E-state index contributed by atoms with van der Waals surface area (Å²) in [5.41, 5.74) is 0. The number of halogens is 1. The number of piperazine rings is 1. The maximum Gasteiger partial charge on any atom is 0.214 e. The lowest BCUT2D eigenvalue weighted by Crippen LogP contribution is -2.50. The standard InChI is InChI=1S/C12H26ClN3O2S/c1-12(10-13)11-19(17,18)16-8-6-15(7-9-16)5-4-14(2)3/h12H,4-11H2,1-3H3. The number of alkyl halides is 1. The van der Waals surface area contributed by atoms with Gasteiger partial charge in [0.15, 0.2) is 0 Å². The second kappa shape index (κ2) is 7.78. The van der Waals surface area contributed by atoms with Crippen LogP contribution in [0, 0.1) is 5.92 Å². The Morgan fingerprint density at radius 3 is 2.26 bits per heavy atom. The number of hydrogen-bond acceptors (Lipinski definition) is 4. The minimum Gasteiger partial charge on any atom is -0.308 e. The topological polar surface area (TPSA) is 43.9 Å². The van der Waals surface area contributed by atoms with Crippen molar-refractivity contribution in [3.05, 3.63) is 0 Å². The summed E-state index contributed by atoms with van der Waals surface area (Å²) in [5, 5.41) is 0. The maximum atomic E-state index is 12.2. The normalized spacial score (nSPS) is 20.9. The first-order valence-corrected chi connectivity index (χ1v) is 8.90. The fourth-order valence-electron chi connectivity index (χ4n) is 2.08. The van der Waals surface area contributed by atoms with Gasteiger partial charge in [-0.05, 0) is 20.0 Å². The molecular weight excluding hydrogens is 286 g/mol. The predicted molar refractivity (Wildman–Crippen MR) is 80.2 cm³/mol. The van der Waals surface area contributed by atoms with Crippen LogP contribution >= 0.6 is 11.6 Å². The van der Waals surface area contributed by atoms with E-state index < -0.39 is 10.0 Å². The van der Waals surface area contributed by atoms with E-state index in [1.807, 2.05) is 21.0 Å². The van der Waals surface area contributed by atoms with E-state index in [1.54, 1.807) is 4.31 Å². The van der Waals surface area contributed by atoms with Gasteiger partial charge in [0, 0.05) is 45.1 Å². The largest absolute Gasteiger partial charge is 0.308 e. The monoisotopic (exact) mass is 311 g/mol. The van der Waals surface area contributed by atoms with Crippen LogP contribution in [0.15, 0.2) is 0 Å². The predicted octanol–water partition coefficient (Wildman–Crippen LogP) is 0.370. The van der Waals surface area contributed by atoms with Crippen LogP contribution in [0.3, 0.4) is 0 Å². The molecular formula is C12H26ClN3O2S. The van der Waals surface area contributed by atoms with Gasteiger partial charge in [-0.15, -0.1) is 11.6 Å². The summed E-state index contributed by atoms with van der Waals surface area (Å²) in [6.45, 7) is 6.73. The molecule has 19 heavy (non-hydrogen) atoms. The molecule has 114 valence electrons. The van der Waals surface area contributed by atoms with E-state index in [0.29, 0.717) is 19.0 Å². The molecule has 0 N–H and O–H groups in total. The van der Waals surface area contributed by atoms with E-state index in [-0.39, 0.29) is 11.7 Å². The Kier molecular flexibility index (Phi) is 7.04. The van der Waals surface area contributed by atoms with Gasteiger partial charge in [-0.1, -0.05) is 6.92 Å². The van der Waals surface area contributed by atoms with E-state index in [0.717, 1.165) is 26.2 Å². The van der Waals surface area contributed by atoms with Crippen molar-refractivity contribution in [1.82, 2.24) is 14.1 Å². The van der Waals surface area contributed by atoms with Crippen LogP contribution in [-0.4, -0.2) is 87.5 Å².